The number of likely N-dealkylation sites (tertiary alicyclic amines) is 1. The van der Waals surface area contributed by atoms with Crippen molar-refractivity contribution >= 4 is 11.8 Å². The summed E-state index contributed by atoms with van der Waals surface area (Å²) in [6, 6.07) is 0. The topological polar surface area (TPSA) is 63.4 Å². The van der Waals surface area contributed by atoms with Crippen molar-refractivity contribution in [3.63, 3.8) is 0 Å². The molecule has 1 atom stereocenters. The minimum atomic E-state index is -0.943. The predicted octanol–water partition coefficient (Wildman–Crippen LogP) is -0.568. The number of primary amides is 1. The first-order chi connectivity index (χ1) is 5.59. The normalized spacial score (nSPS) is 22.8. The molecule has 1 fully saturated rings. The van der Waals surface area contributed by atoms with Gasteiger partial charge >= 0.3 is 0 Å². The van der Waals surface area contributed by atoms with Crippen molar-refractivity contribution in [2.45, 2.75) is 19.0 Å². The Morgan fingerprint density at radius 3 is 2.67 bits per heavy atom. The van der Waals surface area contributed by atoms with Crippen LogP contribution in [0.1, 0.15) is 12.8 Å². The minimum Gasteiger partial charge on any atom is -0.369 e. The summed E-state index contributed by atoms with van der Waals surface area (Å²) < 4.78 is 12.6. The molecule has 0 spiro atoms. The highest BCUT2D eigenvalue weighted by molar-refractivity contribution is 5.96. The first-order valence-electron chi connectivity index (χ1n) is 3.79. The molecule has 2 amide bonds. The van der Waals surface area contributed by atoms with Crippen molar-refractivity contribution in [3.8, 4) is 0 Å². The Labute approximate surface area is 69.5 Å². The number of carbonyl (C=O) groups is 2. The molecule has 12 heavy (non-hydrogen) atoms. The number of nitrogens with two attached hydrogens (primary N) is 1. The summed E-state index contributed by atoms with van der Waals surface area (Å²) in [5.74, 6) is -1.04. The Morgan fingerprint density at radius 1 is 1.58 bits per heavy atom. The van der Waals surface area contributed by atoms with Crippen LogP contribution in [-0.2, 0) is 9.59 Å². The van der Waals surface area contributed by atoms with Crippen LogP contribution in [0.15, 0.2) is 0 Å². The van der Waals surface area contributed by atoms with Gasteiger partial charge in [0.1, 0.15) is 12.6 Å². The first-order valence-corrected chi connectivity index (χ1v) is 3.79. The van der Waals surface area contributed by atoms with Gasteiger partial charge in [0.15, 0.2) is 0 Å². The van der Waals surface area contributed by atoms with Crippen LogP contribution in [0.25, 0.3) is 0 Å². The lowest BCUT2D eigenvalue weighted by molar-refractivity contribution is -0.134. The molecule has 0 saturated carbocycles. The van der Waals surface area contributed by atoms with Crippen LogP contribution >= 0.6 is 0 Å². The molecule has 1 saturated heterocycles. The summed E-state index contributed by atoms with van der Waals surface area (Å²) >= 11 is 0. The predicted molar refractivity (Wildman–Crippen MR) is 39.9 cm³/mol. The Bertz CT molecular complexity index is 208. The molecule has 0 unspecified atom stereocenters. The fraction of sp³-hybridized carbons (Fsp3) is 0.714. The Morgan fingerprint density at radius 2 is 2.25 bits per heavy atom. The number of alkyl halides is 1. The van der Waals surface area contributed by atoms with Gasteiger partial charge in [-0.25, -0.2) is 4.39 Å². The molecular weight excluding hydrogens is 163 g/mol. The molecule has 1 aliphatic rings. The van der Waals surface area contributed by atoms with Crippen LogP contribution in [0.2, 0.25) is 0 Å². The lowest BCUT2D eigenvalue weighted by Gasteiger charge is -2.13. The summed E-state index contributed by atoms with van der Waals surface area (Å²) in [4.78, 5) is 22.7. The standard InChI is InChI=1S/C7H11FN2O2/c8-5-1-2-10(4-5)7(12)3-6(9)11/h5H,1-4H2,(H2,9,11)/t5-/m1/s1. The molecule has 4 nitrogen and oxygen atoms in total. The summed E-state index contributed by atoms with van der Waals surface area (Å²) in [5, 5.41) is 0. The van der Waals surface area contributed by atoms with E-state index in [-0.39, 0.29) is 18.9 Å². The van der Waals surface area contributed by atoms with Crippen LogP contribution in [0.3, 0.4) is 0 Å². The molecule has 5 heteroatoms. The zero-order valence-electron chi connectivity index (χ0n) is 6.62. The molecule has 0 aliphatic carbocycles. The van der Waals surface area contributed by atoms with Crippen molar-refractivity contribution < 1.29 is 14.0 Å². The largest absolute Gasteiger partial charge is 0.369 e. The average molecular weight is 174 g/mol. The van der Waals surface area contributed by atoms with E-state index in [1.807, 2.05) is 0 Å². The number of hydrogen-bond acceptors (Lipinski definition) is 2. The van der Waals surface area contributed by atoms with Gasteiger partial charge in [-0.3, -0.25) is 9.59 Å². The van der Waals surface area contributed by atoms with Crippen molar-refractivity contribution in [1.29, 1.82) is 0 Å². The van der Waals surface area contributed by atoms with E-state index in [1.165, 1.54) is 4.90 Å². The maximum Gasteiger partial charge on any atom is 0.232 e. The molecule has 0 aromatic rings. The van der Waals surface area contributed by atoms with Crippen molar-refractivity contribution in [1.82, 2.24) is 4.90 Å². The van der Waals surface area contributed by atoms with E-state index in [1.54, 1.807) is 0 Å². The second kappa shape index (κ2) is 3.51. The monoisotopic (exact) mass is 174 g/mol. The molecular formula is C7H11FN2O2. The van der Waals surface area contributed by atoms with Crippen molar-refractivity contribution in [3.05, 3.63) is 0 Å². The van der Waals surface area contributed by atoms with Gasteiger partial charge in [0.05, 0.1) is 6.54 Å². The van der Waals surface area contributed by atoms with Gasteiger partial charge < -0.3 is 10.6 Å². The molecule has 0 radical (unpaired) electrons. The number of nitrogens with zero attached hydrogens (tertiary/aromatic N) is 1. The van der Waals surface area contributed by atoms with Gasteiger partial charge in [-0.15, -0.1) is 0 Å². The fourth-order valence-corrected chi connectivity index (χ4v) is 1.20. The molecule has 0 bridgehead atoms. The zero-order chi connectivity index (χ0) is 9.14. The van der Waals surface area contributed by atoms with E-state index < -0.39 is 12.1 Å². The average Bonchev–Trinajstić information content (AvgIpc) is 2.34. The third kappa shape index (κ3) is 2.18. The highest BCUT2D eigenvalue weighted by Gasteiger charge is 2.26. The minimum absolute atomic E-state index is 0.103. The number of rotatable bonds is 2. The number of amides is 2. The zero-order valence-corrected chi connectivity index (χ0v) is 6.62. The Kier molecular flexibility index (Phi) is 2.62. The molecule has 0 aromatic heterocycles. The Balaban J connectivity index is 2.38. The molecule has 1 rings (SSSR count). The molecule has 1 heterocycles. The van der Waals surface area contributed by atoms with Gasteiger partial charge in [0.2, 0.25) is 11.8 Å². The van der Waals surface area contributed by atoms with Crippen LogP contribution in [0, 0.1) is 0 Å². The van der Waals surface area contributed by atoms with E-state index in [0.29, 0.717) is 13.0 Å². The van der Waals surface area contributed by atoms with E-state index in [2.05, 4.69) is 0 Å². The van der Waals surface area contributed by atoms with Crippen LogP contribution in [0.4, 0.5) is 4.39 Å². The third-order valence-electron chi connectivity index (χ3n) is 1.81. The van der Waals surface area contributed by atoms with Gasteiger partial charge in [-0.1, -0.05) is 0 Å². The lowest BCUT2D eigenvalue weighted by atomic mass is 10.3. The maximum absolute atomic E-state index is 12.6. The van der Waals surface area contributed by atoms with E-state index in [4.69, 9.17) is 5.73 Å². The van der Waals surface area contributed by atoms with Gasteiger partial charge in [-0.05, 0) is 6.42 Å². The van der Waals surface area contributed by atoms with Crippen molar-refractivity contribution in [2.24, 2.45) is 5.73 Å². The third-order valence-corrected chi connectivity index (χ3v) is 1.81. The smallest absolute Gasteiger partial charge is 0.232 e. The molecule has 2 N–H and O–H groups in total. The van der Waals surface area contributed by atoms with Gasteiger partial charge in [-0.2, -0.15) is 0 Å². The van der Waals surface area contributed by atoms with E-state index in [9.17, 15) is 14.0 Å². The van der Waals surface area contributed by atoms with Gasteiger partial charge in [0, 0.05) is 6.54 Å². The van der Waals surface area contributed by atoms with Crippen molar-refractivity contribution in [2.75, 3.05) is 13.1 Å². The second-order valence-electron chi connectivity index (χ2n) is 2.87. The molecule has 0 aromatic carbocycles. The lowest BCUT2D eigenvalue weighted by Crippen LogP contribution is -2.32. The fourth-order valence-electron chi connectivity index (χ4n) is 1.20. The molecule has 1 aliphatic heterocycles. The summed E-state index contributed by atoms with van der Waals surface area (Å²) in [7, 11) is 0. The van der Waals surface area contributed by atoms with E-state index >= 15 is 0 Å². The SMILES string of the molecule is NC(=O)CC(=O)N1CC[C@@H](F)C1. The highest BCUT2D eigenvalue weighted by Crippen LogP contribution is 2.12. The number of hydrogen-bond donors (Lipinski definition) is 1. The summed E-state index contributed by atoms with van der Waals surface area (Å²) in [6.07, 6.45) is -0.890. The number of halogens is 1. The quantitative estimate of drug-likeness (QED) is 0.570. The summed E-state index contributed by atoms with van der Waals surface area (Å²) in [5.41, 5.74) is 4.82. The summed E-state index contributed by atoms with van der Waals surface area (Å²) in [6.45, 7) is 0.499. The van der Waals surface area contributed by atoms with E-state index in [0.717, 1.165) is 0 Å². The van der Waals surface area contributed by atoms with Crippen LogP contribution in [-0.4, -0.2) is 36.0 Å². The maximum atomic E-state index is 12.6. The van der Waals surface area contributed by atoms with Gasteiger partial charge in [0.25, 0.3) is 0 Å². The van der Waals surface area contributed by atoms with Crippen LogP contribution < -0.4 is 5.73 Å². The van der Waals surface area contributed by atoms with Crippen LogP contribution in [0.5, 0.6) is 0 Å². The number of carbonyl (C=O) groups excluding carboxylic acids is 2. The highest BCUT2D eigenvalue weighted by atomic mass is 19.1. The molecule has 68 valence electrons. The second-order valence-corrected chi connectivity index (χ2v) is 2.87. The first kappa shape index (κ1) is 8.96. The Hall–Kier alpha value is -1.13.